The minimum Gasteiger partial charge on any atom is -0.389 e. The zero-order valence-electron chi connectivity index (χ0n) is 10.5. The van der Waals surface area contributed by atoms with E-state index in [2.05, 4.69) is 42.0 Å². The zero-order valence-corrected chi connectivity index (χ0v) is 12.9. The largest absolute Gasteiger partial charge is 0.389 e. The monoisotopic (exact) mass is 314 g/mol. The van der Waals surface area contributed by atoms with Crippen molar-refractivity contribution in [1.29, 1.82) is 0 Å². The van der Waals surface area contributed by atoms with Gasteiger partial charge in [-0.05, 0) is 46.5 Å². The summed E-state index contributed by atoms with van der Waals surface area (Å²) in [5, 5.41) is 3.52. The second-order valence-electron chi connectivity index (χ2n) is 4.46. The summed E-state index contributed by atoms with van der Waals surface area (Å²) in [6.07, 6.45) is 1.10. The van der Waals surface area contributed by atoms with E-state index < -0.39 is 0 Å². The maximum atomic E-state index is 5.62. The smallest absolute Gasteiger partial charge is 0.105 e. The van der Waals surface area contributed by atoms with Crippen molar-refractivity contribution in [3.8, 4) is 0 Å². The van der Waals surface area contributed by atoms with Crippen LogP contribution in [0.3, 0.4) is 0 Å². The number of rotatable bonds is 5. The van der Waals surface area contributed by atoms with Crippen LogP contribution in [0.4, 0.5) is 5.69 Å². The molecule has 0 amide bonds. The number of hydrogen-bond donors (Lipinski definition) is 2. The molecule has 0 fully saturated rings. The molecule has 4 heteroatoms. The van der Waals surface area contributed by atoms with E-state index in [1.54, 1.807) is 0 Å². The predicted molar refractivity (Wildman–Crippen MR) is 82.6 cm³/mol. The molecule has 0 bridgehead atoms. The standard InChI is InChI=1S/C13H19BrN2S/c1-4-12(8(2)3)16-9-5-6-10(13(15)17)11(14)7-9/h5-8,12,16H,4H2,1-3H3,(H2,15,17). The molecule has 0 radical (unpaired) electrons. The molecule has 0 saturated heterocycles. The Morgan fingerprint density at radius 3 is 2.53 bits per heavy atom. The molecule has 2 nitrogen and oxygen atoms in total. The molecule has 1 unspecified atom stereocenters. The summed E-state index contributed by atoms with van der Waals surface area (Å²) in [7, 11) is 0. The van der Waals surface area contributed by atoms with Crippen LogP contribution in [0.15, 0.2) is 22.7 Å². The van der Waals surface area contributed by atoms with Crippen LogP contribution in [0.2, 0.25) is 0 Å². The van der Waals surface area contributed by atoms with Crippen molar-refractivity contribution in [2.24, 2.45) is 11.7 Å². The van der Waals surface area contributed by atoms with E-state index in [0.717, 1.165) is 22.1 Å². The SMILES string of the molecule is CCC(Nc1ccc(C(N)=S)c(Br)c1)C(C)C. The molecular formula is C13H19BrN2S. The first-order chi connectivity index (χ1) is 7.95. The number of hydrogen-bond acceptors (Lipinski definition) is 2. The third-order valence-electron chi connectivity index (χ3n) is 2.83. The summed E-state index contributed by atoms with van der Waals surface area (Å²) in [5.74, 6) is 0.606. The van der Waals surface area contributed by atoms with Gasteiger partial charge in [0.05, 0.1) is 0 Å². The van der Waals surface area contributed by atoms with Crippen LogP contribution >= 0.6 is 28.1 Å². The topological polar surface area (TPSA) is 38.0 Å². The van der Waals surface area contributed by atoms with E-state index in [-0.39, 0.29) is 0 Å². The molecule has 0 aromatic heterocycles. The highest BCUT2D eigenvalue weighted by Gasteiger charge is 2.11. The van der Waals surface area contributed by atoms with E-state index in [9.17, 15) is 0 Å². The van der Waals surface area contributed by atoms with Crippen molar-refractivity contribution in [3.63, 3.8) is 0 Å². The normalized spacial score (nSPS) is 12.5. The zero-order chi connectivity index (χ0) is 13.0. The van der Waals surface area contributed by atoms with Crippen LogP contribution in [0.1, 0.15) is 32.8 Å². The molecule has 0 aliphatic heterocycles. The molecule has 0 spiro atoms. The number of halogens is 1. The van der Waals surface area contributed by atoms with E-state index in [1.165, 1.54) is 0 Å². The van der Waals surface area contributed by atoms with Gasteiger partial charge in [-0.15, -0.1) is 0 Å². The highest BCUT2D eigenvalue weighted by molar-refractivity contribution is 9.10. The van der Waals surface area contributed by atoms with Crippen LogP contribution in [-0.2, 0) is 0 Å². The summed E-state index contributed by atoms with van der Waals surface area (Å²) in [5.41, 5.74) is 7.59. The van der Waals surface area contributed by atoms with Crippen molar-refractivity contribution in [2.75, 3.05) is 5.32 Å². The second kappa shape index (κ2) is 6.36. The van der Waals surface area contributed by atoms with Crippen molar-refractivity contribution < 1.29 is 0 Å². The molecule has 94 valence electrons. The first-order valence-corrected chi connectivity index (χ1v) is 7.01. The highest BCUT2D eigenvalue weighted by atomic mass is 79.9. The van der Waals surface area contributed by atoms with Crippen LogP contribution in [-0.4, -0.2) is 11.0 Å². The Hall–Kier alpha value is -0.610. The summed E-state index contributed by atoms with van der Waals surface area (Å²) < 4.78 is 0.939. The number of benzene rings is 1. The molecule has 0 saturated carbocycles. The summed E-state index contributed by atoms with van der Waals surface area (Å²) in [6.45, 7) is 6.63. The Morgan fingerprint density at radius 1 is 1.47 bits per heavy atom. The first kappa shape index (κ1) is 14.5. The van der Waals surface area contributed by atoms with Gasteiger partial charge >= 0.3 is 0 Å². The predicted octanol–water partition coefficient (Wildman–Crippen LogP) is 3.93. The molecule has 17 heavy (non-hydrogen) atoms. The van der Waals surface area contributed by atoms with Gasteiger partial charge in [0.2, 0.25) is 0 Å². The maximum absolute atomic E-state index is 5.62. The molecule has 1 aromatic rings. The minimum absolute atomic E-state index is 0.416. The van der Waals surface area contributed by atoms with Gasteiger partial charge in [0.25, 0.3) is 0 Å². The molecular weight excluding hydrogens is 296 g/mol. The van der Waals surface area contributed by atoms with Crippen molar-refractivity contribution >= 4 is 38.8 Å². The van der Waals surface area contributed by atoms with Gasteiger partial charge < -0.3 is 11.1 Å². The fourth-order valence-electron chi connectivity index (χ4n) is 1.76. The summed E-state index contributed by atoms with van der Waals surface area (Å²) >= 11 is 8.46. The van der Waals surface area contributed by atoms with Gasteiger partial charge in [-0.1, -0.05) is 33.0 Å². The van der Waals surface area contributed by atoms with Gasteiger partial charge in [0, 0.05) is 21.8 Å². The van der Waals surface area contributed by atoms with E-state index >= 15 is 0 Å². The van der Waals surface area contributed by atoms with Crippen molar-refractivity contribution in [3.05, 3.63) is 28.2 Å². The molecule has 1 aromatic carbocycles. The highest BCUT2D eigenvalue weighted by Crippen LogP contribution is 2.23. The molecule has 1 rings (SSSR count). The molecule has 0 aliphatic rings. The Bertz CT molecular complexity index is 404. The van der Waals surface area contributed by atoms with Gasteiger partial charge in [0.15, 0.2) is 0 Å². The van der Waals surface area contributed by atoms with Gasteiger partial charge in [-0.25, -0.2) is 0 Å². The van der Waals surface area contributed by atoms with Crippen LogP contribution in [0, 0.1) is 5.92 Å². The van der Waals surface area contributed by atoms with Gasteiger partial charge in [-0.3, -0.25) is 0 Å². The maximum Gasteiger partial charge on any atom is 0.105 e. The number of anilines is 1. The lowest BCUT2D eigenvalue weighted by molar-refractivity contribution is 0.511. The third kappa shape index (κ3) is 3.96. The average Bonchev–Trinajstić information content (AvgIpc) is 2.24. The average molecular weight is 315 g/mol. The number of thiocarbonyl (C=S) groups is 1. The molecule has 0 aliphatic carbocycles. The van der Waals surface area contributed by atoms with Gasteiger partial charge in [0.1, 0.15) is 4.99 Å². The second-order valence-corrected chi connectivity index (χ2v) is 5.76. The third-order valence-corrected chi connectivity index (χ3v) is 3.71. The fraction of sp³-hybridized carbons (Fsp3) is 0.462. The Kier molecular flexibility index (Phi) is 5.40. The van der Waals surface area contributed by atoms with Crippen molar-refractivity contribution in [1.82, 2.24) is 0 Å². The first-order valence-electron chi connectivity index (χ1n) is 5.81. The number of nitrogens with two attached hydrogens (primary N) is 1. The van der Waals surface area contributed by atoms with Crippen molar-refractivity contribution in [2.45, 2.75) is 33.2 Å². The fourth-order valence-corrected chi connectivity index (χ4v) is 2.66. The Labute approximate surface area is 117 Å². The molecule has 3 N–H and O–H groups in total. The summed E-state index contributed by atoms with van der Waals surface area (Å²) in [6, 6.07) is 6.48. The van der Waals surface area contributed by atoms with Crippen LogP contribution in [0.25, 0.3) is 0 Å². The quantitative estimate of drug-likeness (QED) is 0.809. The van der Waals surface area contributed by atoms with Crippen LogP contribution in [0.5, 0.6) is 0 Å². The van der Waals surface area contributed by atoms with E-state index in [1.807, 2.05) is 18.2 Å². The summed E-state index contributed by atoms with van der Waals surface area (Å²) in [4.78, 5) is 0.416. The van der Waals surface area contributed by atoms with E-state index in [0.29, 0.717) is 16.9 Å². The molecule has 1 atom stereocenters. The lowest BCUT2D eigenvalue weighted by Gasteiger charge is -2.22. The Morgan fingerprint density at radius 2 is 2.12 bits per heavy atom. The number of nitrogens with one attached hydrogen (secondary N) is 1. The van der Waals surface area contributed by atoms with Crippen LogP contribution < -0.4 is 11.1 Å². The Balaban J connectivity index is 2.87. The van der Waals surface area contributed by atoms with Gasteiger partial charge in [-0.2, -0.15) is 0 Å². The lowest BCUT2D eigenvalue weighted by Crippen LogP contribution is -2.24. The minimum atomic E-state index is 0.416. The lowest BCUT2D eigenvalue weighted by atomic mass is 10.0. The van der Waals surface area contributed by atoms with E-state index in [4.69, 9.17) is 18.0 Å². The molecule has 0 heterocycles.